The Labute approximate surface area is 104 Å². The van der Waals surface area contributed by atoms with Crippen LogP contribution in [0.15, 0.2) is 30.3 Å². The van der Waals surface area contributed by atoms with Gasteiger partial charge in [-0.3, -0.25) is 4.79 Å². The molecule has 0 aliphatic rings. The van der Waals surface area contributed by atoms with Gasteiger partial charge in [0.1, 0.15) is 6.29 Å². The van der Waals surface area contributed by atoms with E-state index in [1.54, 1.807) is 6.08 Å². The maximum Gasteiger partial charge on any atom is 0.143 e. The number of hydrogen-bond acceptors (Lipinski definition) is 2. The van der Waals surface area contributed by atoms with Crippen LogP contribution in [0.25, 0.3) is 5.57 Å². The van der Waals surface area contributed by atoms with Crippen LogP contribution in [-0.4, -0.2) is 20.4 Å². The number of hydrogen-bond donors (Lipinski definition) is 0. The Balaban J connectivity index is 3.14. The topological polar surface area (TPSA) is 20.3 Å². The average Bonchev–Trinajstić information content (AvgIpc) is 2.24. The summed E-state index contributed by atoms with van der Waals surface area (Å²) in [5.41, 5.74) is 3.31. The Kier molecular flexibility index (Phi) is 4.11. The fraction of sp³-hybridized carbons (Fsp3) is 0.400. The molecule has 0 atom stereocenters. The highest BCUT2D eigenvalue weighted by Gasteiger charge is 2.18. The molecule has 0 radical (unpaired) electrons. The lowest BCUT2D eigenvalue weighted by Crippen LogP contribution is -2.10. The van der Waals surface area contributed by atoms with Crippen LogP contribution >= 0.6 is 0 Å². The molecule has 1 aromatic rings. The molecule has 17 heavy (non-hydrogen) atoms. The van der Waals surface area contributed by atoms with Gasteiger partial charge in [-0.25, -0.2) is 0 Å². The lowest BCUT2D eigenvalue weighted by molar-refractivity contribution is -0.104. The second kappa shape index (κ2) is 5.17. The molecule has 0 aliphatic carbocycles. The summed E-state index contributed by atoms with van der Waals surface area (Å²) >= 11 is 0. The number of carbonyl (C=O) groups is 1. The van der Waals surface area contributed by atoms with Crippen LogP contribution in [0.2, 0.25) is 0 Å². The molecule has 0 spiro atoms. The molecular formula is C15H21NO. The smallest absolute Gasteiger partial charge is 0.143 e. The third kappa shape index (κ3) is 3.45. The first-order valence-corrected chi connectivity index (χ1v) is 5.80. The summed E-state index contributed by atoms with van der Waals surface area (Å²) in [5, 5.41) is 0. The quantitative estimate of drug-likeness (QED) is 0.587. The Morgan fingerprint density at radius 2 is 1.65 bits per heavy atom. The number of benzene rings is 1. The van der Waals surface area contributed by atoms with Gasteiger partial charge in [0, 0.05) is 19.8 Å². The fourth-order valence-corrected chi connectivity index (χ4v) is 1.79. The average molecular weight is 231 g/mol. The molecule has 2 heteroatoms. The Morgan fingerprint density at radius 3 is 2.00 bits per heavy atom. The van der Waals surface area contributed by atoms with E-state index in [0.717, 1.165) is 23.1 Å². The summed E-state index contributed by atoms with van der Waals surface area (Å²) in [6.45, 7) is 6.34. The molecule has 0 N–H and O–H groups in total. The number of carbonyl (C=O) groups excluding carboxylic acids is 1. The molecule has 1 aromatic carbocycles. The zero-order valence-corrected chi connectivity index (χ0v) is 11.3. The largest absolute Gasteiger partial charge is 0.378 e. The van der Waals surface area contributed by atoms with E-state index in [4.69, 9.17) is 0 Å². The van der Waals surface area contributed by atoms with Gasteiger partial charge in [0.25, 0.3) is 0 Å². The number of allylic oxidation sites excluding steroid dienone is 2. The van der Waals surface area contributed by atoms with Crippen LogP contribution in [0.5, 0.6) is 0 Å². The van der Waals surface area contributed by atoms with E-state index in [-0.39, 0.29) is 5.41 Å². The molecule has 0 saturated carbocycles. The van der Waals surface area contributed by atoms with E-state index in [9.17, 15) is 4.79 Å². The van der Waals surface area contributed by atoms with E-state index in [2.05, 4.69) is 49.9 Å². The predicted molar refractivity (Wildman–Crippen MR) is 74.3 cm³/mol. The SMILES string of the molecule is CN(C)c1ccc(C(=CC=O)C(C)(C)C)cc1. The summed E-state index contributed by atoms with van der Waals surface area (Å²) < 4.78 is 0. The van der Waals surface area contributed by atoms with Crippen molar-refractivity contribution >= 4 is 17.5 Å². The second-order valence-corrected chi connectivity index (χ2v) is 5.41. The minimum absolute atomic E-state index is 0.0272. The van der Waals surface area contributed by atoms with E-state index in [0.29, 0.717) is 0 Å². The molecule has 0 aliphatic heterocycles. The first-order chi connectivity index (χ1) is 7.86. The van der Waals surface area contributed by atoms with E-state index >= 15 is 0 Å². The third-order valence-electron chi connectivity index (χ3n) is 2.74. The number of aldehydes is 1. The summed E-state index contributed by atoms with van der Waals surface area (Å²) in [4.78, 5) is 12.8. The maximum atomic E-state index is 10.7. The molecule has 0 aromatic heterocycles. The lowest BCUT2D eigenvalue weighted by Gasteiger charge is -2.23. The lowest BCUT2D eigenvalue weighted by atomic mass is 9.82. The van der Waals surface area contributed by atoms with Gasteiger partial charge in [-0.15, -0.1) is 0 Å². The van der Waals surface area contributed by atoms with Gasteiger partial charge < -0.3 is 4.90 Å². The van der Waals surface area contributed by atoms with Gasteiger partial charge in [-0.05, 0) is 34.8 Å². The molecular weight excluding hydrogens is 210 g/mol. The summed E-state index contributed by atoms with van der Waals surface area (Å²) in [6, 6.07) is 8.27. The maximum absolute atomic E-state index is 10.7. The van der Waals surface area contributed by atoms with Gasteiger partial charge >= 0.3 is 0 Å². The van der Waals surface area contributed by atoms with Crippen molar-refractivity contribution in [2.24, 2.45) is 5.41 Å². The minimum atomic E-state index is -0.0272. The molecule has 92 valence electrons. The van der Waals surface area contributed by atoms with Gasteiger partial charge in [0.15, 0.2) is 0 Å². The summed E-state index contributed by atoms with van der Waals surface area (Å²) in [6.07, 6.45) is 2.52. The van der Waals surface area contributed by atoms with Crippen molar-refractivity contribution in [3.63, 3.8) is 0 Å². The minimum Gasteiger partial charge on any atom is -0.378 e. The number of anilines is 1. The zero-order chi connectivity index (χ0) is 13.1. The van der Waals surface area contributed by atoms with Crippen molar-refractivity contribution in [3.8, 4) is 0 Å². The summed E-state index contributed by atoms with van der Waals surface area (Å²) in [7, 11) is 4.03. The third-order valence-corrected chi connectivity index (χ3v) is 2.74. The van der Waals surface area contributed by atoms with Gasteiger partial charge in [-0.1, -0.05) is 32.9 Å². The first-order valence-electron chi connectivity index (χ1n) is 5.80. The molecule has 2 nitrogen and oxygen atoms in total. The van der Waals surface area contributed by atoms with Crippen LogP contribution in [0.3, 0.4) is 0 Å². The van der Waals surface area contributed by atoms with Gasteiger partial charge in [-0.2, -0.15) is 0 Å². The normalized spacial score (nSPS) is 12.4. The molecule has 0 fully saturated rings. The second-order valence-electron chi connectivity index (χ2n) is 5.41. The van der Waals surface area contributed by atoms with Crippen molar-refractivity contribution in [2.75, 3.05) is 19.0 Å². The predicted octanol–water partition coefficient (Wildman–Crippen LogP) is 3.38. The van der Waals surface area contributed by atoms with Crippen LogP contribution in [0.1, 0.15) is 26.3 Å². The van der Waals surface area contributed by atoms with Crippen molar-refractivity contribution in [1.82, 2.24) is 0 Å². The van der Waals surface area contributed by atoms with Gasteiger partial charge in [0.05, 0.1) is 0 Å². The van der Waals surface area contributed by atoms with Crippen molar-refractivity contribution in [3.05, 3.63) is 35.9 Å². The van der Waals surface area contributed by atoms with Crippen LogP contribution in [0, 0.1) is 5.41 Å². The highest BCUT2D eigenvalue weighted by Crippen LogP contribution is 2.34. The molecule has 0 bridgehead atoms. The van der Waals surface area contributed by atoms with Crippen LogP contribution in [0.4, 0.5) is 5.69 Å². The molecule has 0 unspecified atom stereocenters. The van der Waals surface area contributed by atoms with E-state index in [1.165, 1.54) is 0 Å². The van der Waals surface area contributed by atoms with Gasteiger partial charge in [0.2, 0.25) is 0 Å². The van der Waals surface area contributed by atoms with Crippen LogP contribution < -0.4 is 4.90 Å². The number of nitrogens with zero attached hydrogens (tertiary/aromatic N) is 1. The highest BCUT2D eigenvalue weighted by atomic mass is 16.1. The van der Waals surface area contributed by atoms with Crippen molar-refractivity contribution in [2.45, 2.75) is 20.8 Å². The van der Waals surface area contributed by atoms with Crippen LogP contribution in [-0.2, 0) is 4.79 Å². The van der Waals surface area contributed by atoms with E-state index in [1.807, 2.05) is 14.1 Å². The standard InChI is InChI=1S/C15H21NO/c1-15(2,3)14(10-11-17)12-6-8-13(9-7-12)16(4)5/h6-11H,1-5H3. The fourth-order valence-electron chi connectivity index (χ4n) is 1.79. The highest BCUT2D eigenvalue weighted by molar-refractivity contribution is 5.83. The molecule has 0 amide bonds. The molecule has 0 heterocycles. The Hall–Kier alpha value is -1.57. The monoisotopic (exact) mass is 231 g/mol. The van der Waals surface area contributed by atoms with E-state index < -0.39 is 0 Å². The van der Waals surface area contributed by atoms with Crippen molar-refractivity contribution < 1.29 is 4.79 Å². The zero-order valence-electron chi connectivity index (χ0n) is 11.3. The Morgan fingerprint density at radius 1 is 1.12 bits per heavy atom. The van der Waals surface area contributed by atoms with Crippen molar-refractivity contribution in [1.29, 1.82) is 0 Å². The first kappa shape index (κ1) is 13.5. The molecule has 1 rings (SSSR count). The number of rotatable bonds is 3. The summed E-state index contributed by atoms with van der Waals surface area (Å²) in [5.74, 6) is 0. The molecule has 0 saturated heterocycles. The Bertz CT molecular complexity index is 408.